The fourth-order valence-corrected chi connectivity index (χ4v) is 2.93. The van der Waals surface area contributed by atoms with Crippen molar-refractivity contribution in [3.05, 3.63) is 29.8 Å². The van der Waals surface area contributed by atoms with E-state index in [1.54, 1.807) is 14.2 Å². The summed E-state index contributed by atoms with van der Waals surface area (Å²) in [5, 5.41) is 2.69. The molecule has 1 N–H and O–H groups in total. The Morgan fingerprint density at radius 3 is 3.00 bits per heavy atom. The molecule has 2 rings (SSSR count). The Labute approximate surface area is 121 Å². The summed E-state index contributed by atoms with van der Waals surface area (Å²) in [6.07, 6.45) is 3.41. The van der Waals surface area contributed by atoms with Crippen LogP contribution in [0.3, 0.4) is 0 Å². The Bertz CT molecular complexity index is 448. The predicted molar refractivity (Wildman–Crippen MR) is 79.9 cm³/mol. The van der Waals surface area contributed by atoms with Crippen molar-refractivity contribution in [3.63, 3.8) is 0 Å². The van der Waals surface area contributed by atoms with Crippen molar-refractivity contribution < 1.29 is 9.53 Å². The fourth-order valence-electron chi connectivity index (χ4n) is 2.93. The molecule has 20 heavy (non-hydrogen) atoms. The number of amides is 1. The molecule has 0 unspecified atom stereocenters. The van der Waals surface area contributed by atoms with Crippen molar-refractivity contribution >= 4 is 5.91 Å². The zero-order valence-corrected chi connectivity index (χ0v) is 12.4. The minimum absolute atomic E-state index is 0.0999. The second-order valence-electron chi connectivity index (χ2n) is 5.43. The number of piperidine rings is 1. The number of carbonyl (C=O) groups is 1. The van der Waals surface area contributed by atoms with Gasteiger partial charge in [-0.3, -0.25) is 9.69 Å². The van der Waals surface area contributed by atoms with Gasteiger partial charge in [-0.25, -0.2) is 0 Å². The lowest BCUT2D eigenvalue weighted by Gasteiger charge is -2.32. The molecule has 1 atom stereocenters. The number of carbonyl (C=O) groups excluding carboxylic acids is 1. The van der Waals surface area contributed by atoms with Crippen LogP contribution in [0.4, 0.5) is 0 Å². The molecule has 4 nitrogen and oxygen atoms in total. The van der Waals surface area contributed by atoms with E-state index in [4.69, 9.17) is 4.74 Å². The lowest BCUT2D eigenvalue weighted by atomic mass is 9.91. The molecular weight excluding hydrogens is 252 g/mol. The van der Waals surface area contributed by atoms with Crippen LogP contribution >= 0.6 is 0 Å². The first-order chi connectivity index (χ1) is 9.72. The van der Waals surface area contributed by atoms with Crippen LogP contribution in [0.15, 0.2) is 24.3 Å². The van der Waals surface area contributed by atoms with E-state index in [0.717, 1.165) is 31.7 Å². The maximum Gasteiger partial charge on any atom is 0.233 e. The average molecular weight is 276 g/mol. The number of methoxy groups -OCH3 is 1. The van der Waals surface area contributed by atoms with E-state index in [1.165, 1.54) is 12.0 Å². The van der Waals surface area contributed by atoms with Gasteiger partial charge < -0.3 is 10.1 Å². The molecule has 1 heterocycles. The molecule has 0 bridgehead atoms. The number of ether oxygens (including phenoxy) is 1. The first-order valence-electron chi connectivity index (χ1n) is 7.27. The largest absolute Gasteiger partial charge is 0.496 e. The molecule has 1 aromatic rings. The van der Waals surface area contributed by atoms with Crippen LogP contribution in [0.5, 0.6) is 5.75 Å². The van der Waals surface area contributed by atoms with Crippen LogP contribution in [-0.2, 0) is 11.2 Å². The molecule has 1 fully saturated rings. The highest BCUT2D eigenvalue weighted by molar-refractivity contribution is 5.77. The van der Waals surface area contributed by atoms with Crippen molar-refractivity contribution in [3.8, 4) is 5.75 Å². The number of para-hydroxylation sites is 1. The Hall–Kier alpha value is -1.55. The van der Waals surface area contributed by atoms with Crippen molar-refractivity contribution in [1.82, 2.24) is 10.2 Å². The first kappa shape index (κ1) is 14.9. The van der Waals surface area contributed by atoms with Gasteiger partial charge in [-0.05, 0) is 43.4 Å². The van der Waals surface area contributed by atoms with Gasteiger partial charge in [0.2, 0.25) is 5.91 Å². The quantitative estimate of drug-likeness (QED) is 0.890. The lowest BCUT2D eigenvalue weighted by molar-refractivity contribution is -0.122. The van der Waals surface area contributed by atoms with Gasteiger partial charge in [0.05, 0.1) is 13.7 Å². The zero-order chi connectivity index (χ0) is 14.4. The SMILES string of the molecule is CNC(=O)CN1CCC[C@H](Cc2ccccc2OC)C1. The standard InChI is InChI=1S/C16H24N2O2/c1-17-16(19)12-18-9-5-6-13(11-18)10-14-7-3-4-8-15(14)20-2/h3-4,7-8,13H,5-6,9-12H2,1-2H3,(H,17,19)/t13-/m1/s1. The van der Waals surface area contributed by atoms with E-state index in [-0.39, 0.29) is 5.91 Å². The van der Waals surface area contributed by atoms with E-state index in [1.807, 2.05) is 12.1 Å². The number of nitrogens with zero attached hydrogens (tertiary/aromatic N) is 1. The Kier molecular flexibility index (Phi) is 5.41. The number of nitrogens with one attached hydrogen (secondary N) is 1. The summed E-state index contributed by atoms with van der Waals surface area (Å²) in [4.78, 5) is 13.7. The molecule has 1 saturated heterocycles. The molecule has 0 radical (unpaired) electrons. The van der Waals surface area contributed by atoms with Gasteiger partial charge in [0.1, 0.15) is 5.75 Å². The summed E-state index contributed by atoms with van der Waals surface area (Å²) in [6.45, 7) is 2.53. The molecule has 0 saturated carbocycles. The molecule has 1 aliphatic rings. The highest BCUT2D eigenvalue weighted by atomic mass is 16.5. The molecule has 1 amide bonds. The van der Waals surface area contributed by atoms with E-state index in [9.17, 15) is 4.79 Å². The number of likely N-dealkylation sites (tertiary alicyclic amines) is 1. The predicted octanol–water partition coefficient (Wildman–Crippen LogP) is 1.70. The van der Waals surface area contributed by atoms with Gasteiger partial charge in [0.25, 0.3) is 0 Å². The number of benzene rings is 1. The monoisotopic (exact) mass is 276 g/mol. The minimum atomic E-state index is 0.0999. The van der Waals surface area contributed by atoms with Crippen LogP contribution in [-0.4, -0.2) is 44.6 Å². The maximum absolute atomic E-state index is 11.5. The molecule has 0 aromatic heterocycles. The molecule has 0 spiro atoms. The second kappa shape index (κ2) is 7.29. The third-order valence-electron chi connectivity index (χ3n) is 3.95. The molecule has 4 heteroatoms. The summed E-state index contributed by atoms with van der Waals surface area (Å²) >= 11 is 0. The van der Waals surface area contributed by atoms with Crippen molar-refractivity contribution in [2.24, 2.45) is 5.92 Å². The summed E-state index contributed by atoms with van der Waals surface area (Å²) in [7, 11) is 3.41. The van der Waals surface area contributed by atoms with Crippen molar-refractivity contribution in [2.75, 3.05) is 33.8 Å². The first-order valence-corrected chi connectivity index (χ1v) is 7.27. The molecule has 1 aliphatic heterocycles. The average Bonchev–Trinajstić information content (AvgIpc) is 2.48. The van der Waals surface area contributed by atoms with Crippen LogP contribution in [0.2, 0.25) is 0 Å². The highest BCUT2D eigenvalue weighted by Gasteiger charge is 2.22. The zero-order valence-electron chi connectivity index (χ0n) is 12.4. The summed E-state index contributed by atoms with van der Waals surface area (Å²) in [5.41, 5.74) is 1.27. The summed E-state index contributed by atoms with van der Waals surface area (Å²) in [5.74, 6) is 1.67. The number of rotatable bonds is 5. The maximum atomic E-state index is 11.5. The number of likely N-dealkylation sites (N-methyl/N-ethyl adjacent to an activating group) is 1. The number of hydrogen-bond acceptors (Lipinski definition) is 3. The topological polar surface area (TPSA) is 41.6 Å². The van der Waals surface area contributed by atoms with Crippen LogP contribution in [0, 0.1) is 5.92 Å². The third-order valence-corrected chi connectivity index (χ3v) is 3.95. The third kappa shape index (κ3) is 3.97. The van der Waals surface area contributed by atoms with Gasteiger partial charge in [-0.1, -0.05) is 18.2 Å². The van der Waals surface area contributed by atoms with Gasteiger partial charge in [0, 0.05) is 13.6 Å². The van der Waals surface area contributed by atoms with Gasteiger partial charge >= 0.3 is 0 Å². The highest BCUT2D eigenvalue weighted by Crippen LogP contribution is 2.25. The fraction of sp³-hybridized carbons (Fsp3) is 0.562. The summed E-state index contributed by atoms with van der Waals surface area (Å²) < 4.78 is 5.42. The molecule has 110 valence electrons. The molecule has 0 aliphatic carbocycles. The Balaban J connectivity index is 1.94. The van der Waals surface area contributed by atoms with E-state index in [0.29, 0.717) is 12.5 Å². The molecule has 1 aromatic carbocycles. The Morgan fingerprint density at radius 1 is 1.45 bits per heavy atom. The Morgan fingerprint density at radius 2 is 2.25 bits per heavy atom. The van der Waals surface area contributed by atoms with Gasteiger partial charge in [-0.2, -0.15) is 0 Å². The summed E-state index contributed by atoms with van der Waals surface area (Å²) in [6, 6.07) is 8.21. The van der Waals surface area contributed by atoms with Crippen LogP contribution in [0.1, 0.15) is 18.4 Å². The van der Waals surface area contributed by atoms with Crippen molar-refractivity contribution in [2.45, 2.75) is 19.3 Å². The van der Waals surface area contributed by atoms with E-state index < -0.39 is 0 Å². The van der Waals surface area contributed by atoms with Crippen LogP contribution < -0.4 is 10.1 Å². The van der Waals surface area contributed by atoms with Crippen LogP contribution in [0.25, 0.3) is 0 Å². The van der Waals surface area contributed by atoms with E-state index >= 15 is 0 Å². The van der Waals surface area contributed by atoms with E-state index in [2.05, 4.69) is 22.3 Å². The second-order valence-corrected chi connectivity index (χ2v) is 5.43. The van der Waals surface area contributed by atoms with Gasteiger partial charge in [-0.15, -0.1) is 0 Å². The molecular formula is C16H24N2O2. The normalized spacial score (nSPS) is 19.6. The minimum Gasteiger partial charge on any atom is -0.496 e. The van der Waals surface area contributed by atoms with Crippen molar-refractivity contribution in [1.29, 1.82) is 0 Å². The van der Waals surface area contributed by atoms with Gasteiger partial charge in [0.15, 0.2) is 0 Å². The number of hydrogen-bond donors (Lipinski definition) is 1. The smallest absolute Gasteiger partial charge is 0.233 e. The lowest BCUT2D eigenvalue weighted by Crippen LogP contribution is -2.42.